The SMILES string of the molecule is CCCCc1ccc(CC(=O)Nc2ccc(OC)c(N)c2)cc1.Cl. The number of amides is 1. The number of rotatable bonds is 7. The van der Waals surface area contributed by atoms with Crippen LogP contribution in [0.1, 0.15) is 30.9 Å². The lowest BCUT2D eigenvalue weighted by atomic mass is 10.0. The van der Waals surface area contributed by atoms with E-state index >= 15 is 0 Å². The van der Waals surface area contributed by atoms with Crippen molar-refractivity contribution in [3.63, 3.8) is 0 Å². The maximum atomic E-state index is 12.1. The van der Waals surface area contributed by atoms with Crippen LogP contribution in [0.25, 0.3) is 0 Å². The van der Waals surface area contributed by atoms with Crippen molar-refractivity contribution in [2.24, 2.45) is 0 Å². The average Bonchev–Trinajstić information content (AvgIpc) is 2.54. The summed E-state index contributed by atoms with van der Waals surface area (Å²) in [6.07, 6.45) is 3.82. The zero-order chi connectivity index (χ0) is 16.7. The maximum absolute atomic E-state index is 12.1. The third-order valence-corrected chi connectivity index (χ3v) is 3.72. The number of carbonyl (C=O) groups excluding carboxylic acids is 1. The van der Waals surface area contributed by atoms with Gasteiger partial charge in [-0.1, -0.05) is 37.6 Å². The third-order valence-electron chi connectivity index (χ3n) is 3.72. The van der Waals surface area contributed by atoms with Crippen molar-refractivity contribution >= 4 is 29.7 Å². The van der Waals surface area contributed by atoms with Crippen LogP contribution in [0.5, 0.6) is 5.75 Å². The highest BCUT2D eigenvalue weighted by Gasteiger charge is 2.06. The minimum absolute atomic E-state index is 0. The first kappa shape index (κ1) is 19.8. The van der Waals surface area contributed by atoms with E-state index in [0.29, 0.717) is 23.5 Å². The number of benzene rings is 2. The van der Waals surface area contributed by atoms with E-state index in [1.807, 2.05) is 12.1 Å². The number of anilines is 2. The van der Waals surface area contributed by atoms with E-state index in [4.69, 9.17) is 10.5 Å². The Morgan fingerprint density at radius 3 is 2.38 bits per heavy atom. The molecule has 1 amide bonds. The average molecular weight is 349 g/mol. The van der Waals surface area contributed by atoms with Crippen LogP contribution in [0.3, 0.4) is 0 Å². The van der Waals surface area contributed by atoms with E-state index in [-0.39, 0.29) is 18.3 Å². The molecule has 3 N–H and O–H groups in total. The van der Waals surface area contributed by atoms with Crippen molar-refractivity contribution in [2.45, 2.75) is 32.6 Å². The van der Waals surface area contributed by atoms with E-state index in [9.17, 15) is 4.79 Å². The van der Waals surface area contributed by atoms with Crippen molar-refractivity contribution in [3.05, 3.63) is 53.6 Å². The fraction of sp³-hybridized carbons (Fsp3) is 0.316. The first-order valence-corrected chi connectivity index (χ1v) is 7.93. The number of hydrogen-bond donors (Lipinski definition) is 2. The molecule has 5 heteroatoms. The minimum atomic E-state index is -0.0594. The molecule has 0 aliphatic carbocycles. The van der Waals surface area contributed by atoms with Gasteiger partial charge in [-0.3, -0.25) is 4.79 Å². The van der Waals surface area contributed by atoms with Gasteiger partial charge in [-0.05, 0) is 42.2 Å². The highest BCUT2D eigenvalue weighted by Crippen LogP contribution is 2.24. The van der Waals surface area contributed by atoms with Crippen LogP contribution in [-0.4, -0.2) is 13.0 Å². The molecular weight excluding hydrogens is 324 g/mol. The Kier molecular flexibility index (Phi) is 8.13. The number of methoxy groups -OCH3 is 1. The minimum Gasteiger partial charge on any atom is -0.495 e. The van der Waals surface area contributed by atoms with Gasteiger partial charge in [0.25, 0.3) is 0 Å². The molecule has 0 spiro atoms. The van der Waals surface area contributed by atoms with Gasteiger partial charge < -0.3 is 15.8 Å². The first-order chi connectivity index (χ1) is 11.1. The molecule has 0 radical (unpaired) electrons. The van der Waals surface area contributed by atoms with Gasteiger partial charge in [-0.25, -0.2) is 0 Å². The molecule has 0 aliphatic rings. The van der Waals surface area contributed by atoms with Gasteiger partial charge in [0.15, 0.2) is 0 Å². The summed E-state index contributed by atoms with van der Waals surface area (Å²) in [7, 11) is 1.56. The second-order valence-corrected chi connectivity index (χ2v) is 5.60. The van der Waals surface area contributed by atoms with Crippen LogP contribution in [-0.2, 0) is 17.6 Å². The van der Waals surface area contributed by atoms with Gasteiger partial charge in [0.1, 0.15) is 5.75 Å². The van der Waals surface area contributed by atoms with Crippen LogP contribution in [0.2, 0.25) is 0 Å². The van der Waals surface area contributed by atoms with Crippen molar-refractivity contribution in [3.8, 4) is 5.75 Å². The summed E-state index contributed by atoms with van der Waals surface area (Å²) in [4.78, 5) is 12.1. The highest BCUT2D eigenvalue weighted by molar-refractivity contribution is 5.92. The molecule has 2 aromatic rings. The van der Waals surface area contributed by atoms with Gasteiger partial charge in [-0.15, -0.1) is 12.4 Å². The molecule has 0 saturated heterocycles. The molecular formula is C19H25ClN2O2. The number of ether oxygens (including phenoxy) is 1. The summed E-state index contributed by atoms with van der Waals surface area (Å²) in [5.74, 6) is 0.543. The van der Waals surface area contributed by atoms with E-state index < -0.39 is 0 Å². The van der Waals surface area contributed by atoms with Gasteiger partial charge in [0.2, 0.25) is 5.91 Å². The zero-order valence-electron chi connectivity index (χ0n) is 14.2. The Bertz CT molecular complexity index is 657. The summed E-state index contributed by atoms with van der Waals surface area (Å²) in [5, 5.41) is 2.86. The predicted molar refractivity (Wildman–Crippen MR) is 102 cm³/mol. The Morgan fingerprint density at radius 2 is 1.79 bits per heavy atom. The van der Waals surface area contributed by atoms with Crippen molar-refractivity contribution in [1.82, 2.24) is 0 Å². The summed E-state index contributed by atoms with van der Waals surface area (Å²) >= 11 is 0. The molecule has 0 aliphatic heterocycles. The lowest BCUT2D eigenvalue weighted by Gasteiger charge is -2.09. The zero-order valence-corrected chi connectivity index (χ0v) is 15.0. The summed E-state index contributed by atoms with van der Waals surface area (Å²) < 4.78 is 5.10. The number of nitrogens with one attached hydrogen (secondary N) is 1. The van der Waals surface area contributed by atoms with Crippen LogP contribution in [0.15, 0.2) is 42.5 Å². The number of nitrogens with two attached hydrogens (primary N) is 1. The molecule has 2 aromatic carbocycles. The Balaban J connectivity index is 0.00000288. The van der Waals surface area contributed by atoms with Gasteiger partial charge >= 0.3 is 0 Å². The Hall–Kier alpha value is -2.20. The standard InChI is InChI=1S/C19H24N2O2.ClH/c1-3-4-5-14-6-8-15(9-7-14)12-19(22)21-16-10-11-18(23-2)17(20)13-16;/h6-11,13H,3-5,12,20H2,1-2H3,(H,21,22);1H. The molecule has 0 unspecified atom stereocenters. The lowest BCUT2D eigenvalue weighted by Crippen LogP contribution is -2.14. The molecule has 0 fully saturated rings. The second-order valence-electron chi connectivity index (χ2n) is 5.60. The normalized spacial score (nSPS) is 9.92. The first-order valence-electron chi connectivity index (χ1n) is 7.93. The topological polar surface area (TPSA) is 64.3 Å². The quantitative estimate of drug-likeness (QED) is 0.736. The highest BCUT2D eigenvalue weighted by atomic mass is 35.5. The van der Waals surface area contributed by atoms with Gasteiger partial charge in [0, 0.05) is 5.69 Å². The molecule has 0 saturated carbocycles. The van der Waals surface area contributed by atoms with Gasteiger partial charge in [0.05, 0.1) is 19.2 Å². The van der Waals surface area contributed by atoms with Crippen molar-refractivity contribution in [1.29, 1.82) is 0 Å². The van der Waals surface area contributed by atoms with E-state index in [0.717, 1.165) is 12.0 Å². The van der Waals surface area contributed by atoms with Crippen molar-refractivity contribution < 1.29 is 9.53 Å². The molecule has 0 heterocycles. The monoisotopic (exact) mass is 348 g/mol. The Labute approximate surface area is 149 Å². The summed E-state index contributed by atoms with van der Waals surface area (Å²) in [6.45, 7) is 2.19. The third kappa shape index (κ3) is 5.78. The van der Waals surface area contributed by atoms with E-state index in [2.05, 4.69) is 24.4 Å². The molecule has 2 rings (SSSR count). The molecule has 0 bridgehead atoms. The molecule has 4 nitrogen and oxygen atoms in total. The van der Waals surface area contributed by atoms with Crippen LogP contribution < -0.4 is 15.8 Å². The smallest absolute Gasteiger partial charge is 0.228 e. The number of nitrogen functional groups attached to an aromatic ring is 1. The maximum Gasteiger partial charge on any atom is 0.228 e. The molecule has 0 atom stereocenters. The van der Waals surface area contributed by atoms with Crippen LogP contribution >= 0.6 is 12.4 Å². The number of carbonyl (C=O) groups is 1. The molecule has 0 aromatic heterocycles. The second kappa shape index (κ2) is 9.83. The number of hydrogen-bond acceptors (Lipinski definition) is 3. The predicted octanol–water partition coefficient (Wildman–Crippen LogP) is 4.22. The number of unbranched alkanes of at least 4 members (excludes halogenated alkanes) is 1. The lowest BCUT2D eigenvalue weighted by molar-refractivity contribution is -0.115. The summed E-state index contributed by atoms with van der Waals surface area (Å²) in [6, 6.07) is 13.5. The van der Waals surface area contributed by atoms with Gasteiger partial charge in [-0.2, -0.15) is 0 Å². The van der Waals surface area contributed by atoms with E-state index in [1.165, 1.54) is 18.4 Å². The van der Waals surface area contributed by atoms with E-state index in [1.54, 1.807) is 25.3 Å². The molecule has 130 valence electrons. The fourth-order valence-electron chi connectivity index (χ4n) is 2.41. The summed E-state index contributed by atoms with van der Waals surface area (Å²) in [5.41, 5.74) is 9.34. The van der Waals surface area contributed by atoms with Crippen LogP contribution in [0, 0.1) is 0 Å². The van der Waals surface area contributed by atoms with Crippen LogP contribution in [0.4, 0.5) is 11.4 Å². The van der Waals surface area contributed by atoms with Crippen molar-refractivity contribution in [2.75, 3.05) is 18.2 Å². The fourth-order valence-corrected chi connectivity index (χ4v) is 2.41. The molecule has 24 heavy (non-hydrogen) atoms. The largest absolute Gasteiger partial charge is 0.495 e. The number of aryl methyl sites for hydroxylation is 1. The Morgan fingerprint density at radius 1 is 1.12 bits per heavy atom. The number of halogens is 1.